The number of quaternary nitrogens is 1. The number of aliphatic hydroxyl groups is 1. The number of hydrogen-bond acceptors (Lipinski definition) is 6. The summed E-state index contributed by atoms with van der Waals surface area (Å²) in [4.78, 5) is 23.1. The average Bonchev–Trinajstić information content (AvgIpc) is 3.82. The van der Waals surface area contributed by atoms with Gasteiger partial charge < -0.3 is 24.5 Å². The van der Waals surface area contributed by atoms with E-state index < -0.39 is 20.0 Å². The normalized spacial score (nSPS) is 19.0. The monoisotopic (exact) mass is 740 g/mol. The summed E-state index contributed by atoms with van der Waals surface area (Å²) in [7, 11) is 1.51. The molecular formula is C41H76N2O7P+. The lowest BCUT2D eigenvalue weighted by atomic mass is 10.1. The molecule has 0 aromatic rings. The summed E-state index contributed by atoms with van der Waals surface area (Å²) in [5.74, 6) is -0.242. The fraction of sp³-hybridized carbons (Fsp3) is 0.780. The Hall–Kier alpha value is -1.58. The maximum atomic E-state index is 12.9. The van der Waals surface area contributed by atoms with Gasteiger partial charge in [0.1, 0.15) is 13.2 Å². The van der Waals surface area contributed by atoms with E-state index in [2.05, 4.69) is 55.6 Å². The second-order valence-corrected chi connectivity index (χ2v) is 16.5. The molecule has 1 saturated heterocycles. The van der Waals surface area contributed by atoms with Crippen LogP contribution < -0.4 is 5.32 Å². The lowest BCUT2D eigenvalue weighted by molar-refractivity contribution is -0.870. The van der Waals surface area contributed by atoms with Crippen LogP contribution in [0.1, 0.15) is 142 Å². The van der Waals surface area contributed by atoms with Crippen LogP contribution in [0.4, 0.5) is 0 Å². The van der Waals surface area contributed by atoms with Crippen LogP contribution >= 0.6 is 7.82 Å². The summed E-state index contributed by atoms with van der Waals surface area (Å²) < 4.78 is 29.3. The molecule has 0 aliphatic carbocycles. The number of likely N-dealkylation sites (N-methyl/N-ethyl adjacent to an activating group) is 1. The van der Waals surface area contributed by atoms with Crippen molar-refractivity contribution < 1.29 is 37.6 Å². The van der Waals surface area contributed by atoms with Crippen LogP contribution in [0.3, 0.4) is 0 Å². The molecule has 3 N–H and O–H groups in total. The van der Waals surface area contributed by atoms with Crippen LogP contribution in [0.2, 0.25) is 0 Å². The number of hydrogen-bond donors (Lipinski definition) is 3. The Balaban J connectivity index is 2.43. The number of carbonyl (C=O) groups is 1. The van der Waals surface area contributed by atoms with E-state index in [1.54, 1.807) is 6.08 Å². The van der Waals surface area contributed by atoms with Gasteiger partial charge in [-0.05, 0) is 57.8 Å². The number of aliphatic hydroxyl groups excluding tert-OH is 1. The summed E-state index contributed by atoms with van der Waals surface area (Å²) in [6.07, 6.45) is 37.6. The van der Waals surface area contributed by atoms with Crippen LogP contribution in [0.25, 0.3) is 0 Å². The Morgan fingerprint density at radius 1 is 0.784 bits per heavy atom. The molecule has 0 aromatic heterocycles. The van der Waals surface area contributed by atoms with Crippen molar-refractivity contribution in [2.45, 2.75) is 167 Å². The van der Waals surface area contributed by atoms with E-state index in [-0.39, 0.29) is 37.7 Å². The molecule has 9 nitrogen and oxygen atoms in total. The lowest BCUT2D eigenvalue weighted by Crippen LogP contribution is -2.45. The molecule has 51 heavy (non-hydrogen) atoms. The molecule has 0 saturated carbocycles. The third kappa shape index (κ3) is 29.6. The van der Waals surface area contributed by atoms with E-state index in [1.165, 1.54) is 70.6 Å². The number of ether oxygens (including phenoxy) is 1. The zero-order valence-electron chi connectivity index (χ0n) is 33.0. The van der Waals surface area contributed by atoms with Gasteiger partial charge in [-0.1, -0.05) is 127 Å². The minimum absolute atomic E-state index is 0.0453. The highest BCUT2D eigenvalue weighted by atomic mass is 31.2. The highest BCUT2D eigenvalue weighted by molar-refractivity contribution is 7.47. The third-order valence-electron chi connectivity index (χ3n) is 8.97. The van der Waals surface area contributed by atoms with E-state index in [1.807, 2.05) is 27.2 Å². The minimum Gasteiger partial charge on any atom is -0.387 e. The fourth-order valence-corrected chi connectivity index (χ4v) is 6.33. The number of unbranched alkanes of at least 4 members (excludes halogenated alkanes) is 12. The second-order valence-electron chi connectivity index (χ2n) is 15.0. The number of nitrogens with zero attached hydrogens (tertiary/aromatic N) is 1. The van der Waals surface area contributed by atoms with E-state index in [9.17, 15) is 19.4 Å². The molecule has 1 rings (SSSR count). The first-order valence-electron chi connectivity index (χ1n) is 20.1. The summed E-state index contributed by atoms with van der Waals surface area (Å²) in [5.41, 5.74) is 0. The molecule has 1 aliphatic rings. The largest absolute Gasteiger partial charge is 0.472 e. The Labute approximate surface area is 312 Å². The quantitative estimate of drug-likeness (QED) is 0.0198. The highest BCUT2D eigenvalue weighted by Crippen LogP contribution is 2.43. The highest BCUT2D eigenvalue weighted by Gasteiger charge is 2.36. The molecular weight excluding hydrogens is 663 g/mol. The minimum atomic E-state index is -4.36. The predicted octanol–water partition coefficient (Wildman–Crippen LogP) is 9.51. The summed E-state index contributed by atoms with van der Waals surface area (Å²) in [6.45, 7) is 4.68. The van der Waals surface area contributed by atoms with E-state index in [4.69, 9.17) is 13.8 Å². The first kappa shape index (κ1) is 47.4. The lowest BCUT2D eigenvalue weighted by Gasteiger charge is -2.25. The predicted molar refractivity (Wildman–Crippen MR) is 211 cm³/mol. The van der Waals surface area contributed by atoms with Gasteiger partial charge in [0.2, 0.25) is 5.91 Å². The molecule has 0 bridgehead atoms. The molecule has 1 heterocycles. The van der Waals surface area contributed by atoms with Crippen LogP contribution in [-0.2, 0) is 23.1 Å². The summed E-state index contributed by atoms with van der Waals surface area (Å²) >= 11 is 0. The first-order chi connectivity index (χ1) is 24.5. The maximum absolute atomic E-state index is 12.9. The molecule has 1 fully saturated rings. The van der Waals surface area contributed by atoms with E-state index in [0.717, 1.165) is 44.9 Å². The van der Waals surface area contributed by atoms with Crippen molar-refractivity contribution in [3.63, 3.8) is 0 Å². The molecule has 0 radical (unpaired) electrons. The number of phosphoric ester groups is 1. The van der Waals surface area contributed by atoms with Gasteiger partial charge in [0.05, 0.1) is 52.1 Å². The van der Waals surface area contributed by atoms with Crippen molar-refractivity contribution in [1.29, 1.82) is 0 Å². The number of epoxide rings is 1. The van der Waals surface area contributed by atoms with E-state index >= 15 is 0 Å². The van der Waals surface area contributed by atoms with Gasteiger partial charge in [-0.2, -0.15) is 0 Å². The van der Waals surface area contributed by atoms with Gasteiger partial charge in [0.15, 0.2) is 0 Å². The van der Waals surface area contributed by atoms with Gasteiger partial charge in [0.25, 0.3) is 0 Å². The van der Waals surface area contributed by atoms with Gasteiger partial charge in [-0.3, -0.25) is 13.8 Å². The zero-order chi connectivity index (χ0) is 37.6. The molecule has 3 unspecified atom stereocenters. The van der Waals surface area contributed by atoms with Crippen LogP contribution in [0.5, 0.6) is 0 Å². The molecule has 0 aromatic carbocycles. The van der Waals surface area contributed by atoms with Crippen molar-refractivity contribution >= 4 is 13.7 Å². The summed E-state index contributed by atoms with van der Waals surface area (Å²) in [5, 5.41) is 13.7. The zero-order valence-corrected chi connectivity index (χ0v) is 33.9. The standard InChI is InChI=1S/C41H75N2O7P/c1-6-8-10-12-14-16-18-20-22-24-26-28-31-39-40(50-39)32-29-33-41(45)42-37(36-49-51(46,47)48-35-34-43(3,4)5)38(44)30-27-25-23-21-19-17-15-13-11-9-7-2/h14,16,20,22,26-28,30,37-40,44H,6-13,15,17-19,21,23-25,29,31-36H2,1-5H3,(H-,42,45,46,47)/p+1/b16-14-,22-20-,28-26-,30-27+/t37-,38+,39?,40?/m0/s1. The number of rotatable bonds is 34. The Morgan fingerprint density at radius 2 is 1.35 bits per heavy atom. The van der Waals surface area contributed by atoms with Crippen molar-refractivity contribution in [3.8, 4) is 0 Å². The van der Waals surface area contributed by atoms with Crippen molar-refractivity contribution in [1.82, 2.24) is 5.32 Å². The number of allylic oxidation sites excluding steroid dienone is 6. The van der Waals surface area contributed by atoms with Crippen LogP contribution in [-0.4, -0.2) is 85.6 Å². The average molecular weight is 740 g/mol. The molecule has 1 amide bonds. The molecule has 1 aliphatic heterocycles. The first-order valence-corrected chi connectivity index (χ1v) is 21.6. The van der Waals surface area contributed by atoms with E-state index in [0.29, 0.717) is 17.4 Å². The number of carbonyl (C=O) groups excluding carboxylic acids is 1. The maximum Gasteiger partial charge on any atom is 0.472 e. The topological polar surface area (TPSA) is 118 Å². The van der Waals surface area contributed by atoms with Crippen molar-refractivity contribution in [2.24, 2.45) is 0 Å². The second kappa shape index (κ2) is 29.8. The van der Waals surface area contributed by atoms with Gasteiger partial charge in [-0.15, -0.1) is 0 Å². The van der Waals surface area contributed by atoms with Crippen molar-refractivity contribution in [3.05, 3.63) is 48.6 Å². The Kier molecular flexibility index (Phi) is 27.7. The summed E-state index contributed by atoms with van der Waals surface area (Å²) in [6, 6.07) is -0.884. The Morgan fingerprint density at radius 3 is 2.02 bits per heavy atom. The van der Waals surface area contributed by atoms with Crippen molar-refractivity contribution in [2.75, 3.05) is 40.9 Å². The number of phosphoric acid groups is 1. The Bertz CT molecular complexity index is 1040. The SMILES string of the molecule is CCCCC/C=C\C/C=C\C/C=C\CC1OC1CCCC(=O)N[C@@H](COP(=O)(O)OCC[N+](C)(C)C)[C@H](O)/C=C/CCCCCCCCCCC. The molecule has 5 atom stereocenters. The third-order valence-corrected chi connectivity index (χ3v) is 9.95. The van der Waals surface area contributed by atoms with Gasteiger partial charge >= 0.3 is 7.82 Å². The van der Waals surface area contributed by atoms with Crippen LogP contribution in [0, 0.1) is 0 Å². The molecule has 296 valence electrons. The number of nitrogens with one attached hydrogen (secondary N) is 1. The van der Waals surface area contributed by atoms with Gasteiger partial charge in [0, 0.05) is 6.42 Å². The van der Waals surface area contributed by atoms with Crippen LogP contribution in [0.15, 0.2) is 48.6 Å². The van der Waals surface area contributed by atoms with Gasteiger partial charge in [-0.25, -0.2) is 4.57 Å². The molecule has 0 spiro atoms. The smallest absolute Gasteiger partial charge is 0.387 e. The molecule has 10 heteroatoms. The fourth-order valence-electron chi connectivity index (χ4n) is 5.60. The number of amides is 1.